The molecule has 16 heavy (non-hydrogen) atoms. The SMILES string of the molecule is CSc1ccc2c(c1)CCN(C(C)=O)CC2. The Labute approximate surface area is 101 Å². The molecule has 0 spiro atoms. The van der Waals surface area contributed by atoms with E-state index >= 15 is 0 Å². The van der Waals surface area contributed by atoms with Crippen LogP contribution in [0, 0.1) is 0 Å². The minimum atomic E-state index is 0.192. The van der Waals surface area contributed by atoms with Crippen LogP contribution in [0.5, 0.6) is 0 Å². The first kappa shape index (κ1) is 11.5. The number of carbonyl (C=O) groups excluding carboxylic acids is 1. The van der Waals surface area contributed by atoms with Gasteiger partial charge in [-0.05, 0) is 42.4 Å². The first-order valence-electron chi connectivity index (χ1n) is 5.62. The van der Waals surface area contributed by atoms with Crippen LogP contribution in [-0.2, 0) is 17.6 Å². The summed E-state index contributed by atoms with van der Waals surface area (Å²) in [5.74, 6) is 0.192. The van der Waals surface area contributed by atoms with Crippen LogP contribution >= 0.6 is 11.8 Å². The first-order chi connectivity index (χ1) is 7.70. The van der Waals surface area contributed by atoms with Crippen LogP contribution in [-0.4, -0.2) is 30.2 Å². The van der Waals surface area contributed by atoms with Crippen molar-refractivity contribution in [1.82, 2.24) is 4.90 Å². The van der Waals surface area contributed by atoms with Crippen LogP contribution in [0.3, 0.4) is 0 Å². The van der Waals surface area contributed by atoms with E-state index in [0.29, 0.717) is 0 Å². The highest BCUT2D eigenvalue weighted by molar-refractivity contribution is 7.98. The summed E-state index contributed by atoms with van der Waals surface area (Å²) in [6.07, 6.45) is 4.08. The first-order valence-corrected chi connectivity index (χ1v) is 6.84. The molecule has 2 nitrogen and oxygen atoms in total. The van der Waals surface area contributed by atoms with E-state index in [-0.39, 0.29) is 5.91 Å². The number of thioether (sulfide) groups is 1. The summed E-state index contributed by atoms with van der Waals surface area (Å²) in [6.45, 7) is 3.38. The lowest BCUT2D eigenvalue weighted by Gasteiger charge is -2.17. The fraction of sp³-hybridized carbons (Fsp3) is 0.462. The topological polar surface area (TPSA) is 20.3 Å². The highest BCUT2D eigenvalue weighted by Crippen LogP contribution is 2.22. The normalized spacial score (nSPS) is 15.5. The van der Waals surface area contributed by atoms with Gasteiger partial charge in [-0.1, -0.05) is 6.07 Å². The smallest absolute Gasteiger partial charge is 0.219 e. The van der Waals surface area contributed by atoms with Gasteiger partial charge in [0.05, 0.1) is 0 Å². The van der Waals surface area contributed by atoms with Crippen LogP contribution in [0.25, 0.3) is 0 Å². The summed E-state index contributed by atoms with van der Waals surface area (Å²) in [7, 11) is 0. The standard InChI is InChI=1S/C13H17NOS/c1-10(15)14-7-5-11-3-4-13(16-2)9-12(11)6-8-14/h3-4,9H,5-8H2,1-2H3. The Hall–Kier alpha value is -0.960. The van der Waals surface area contributed by atoms with Gasteiger partial charge >= 0.3 is 0 Å². The Bertz CT molecular complexity index is 403. The maximum Gasteiger partial charge on any atom is 0.219 e. The largest absolute Gasteiger partial charge is 0.342 e. The van der Waals surface area contributed by atoms with E-state index in [2.05, 4.69) is 24.5 Å². The van der Waals surface area contributed by atoms with Crippen molar-refractivity contribution in [3.8, 4) is 0 Å². The van der Waals surface area contributed by atoms with Gasteiger partial charge in [-0.3, -0.25) is 4.79 Å². The van der Waals surface area contributed by atoms with E-state index in [1.807, 2.05) is 4.90 Å². The number of rotatable bonds is 1. The van der Waals surface area contributed by atoms with E-state index in [0.717, 1.165) is 25.9 Å². The minimum absolute atomic E-state index is 0.192. The third kappa shape index (κ3) is 2.40. The van der Waals surface area contributed by atoms with Gasteiger partial charge in [-0.25, -0.2) is 0 Å². The number of hydrogen-bond acceptors (Lipinski definition) is 2. The van der Waals surface area contributed by atoms with Crippen LogP contribution in [0.1, 0.15) is 18.1 Å². The van der Waals surface area contributed by atoms with E-state index in [4.69, 9.17) is 0 Å². The summed E-state index contributed by atoms with van der Waals surface area (Å²) in [5.41, 5.74) is 2.82. The van der Waals surface area contributed by atoms with Gasteiger partial charge in [0.15, 0.2) is 0 Å². The maximum absolute atomic E-state index is 11.3. The summed E-state index contributed by atoms with van der Waals surface area (Å²) in [5, 5.41) is 0. The molecule has 0 bridgehead atoms. The summed E-state index contributed by atoms with van der Waals surface area (Å²) in [4.78, 5) is 14.6. The minimum Gasteiger partial charge on any atom is -0.342 e. The highest BCUT2D eigenvalue weighted by Gasteiger charge is 2.15. The second kappa shape index (κ2) is 4.91. The Balaban J connectivity index is 2.20. The fourth-order valence-electron chi connectivity index (χ4n) is 2.14. The van der Waals surface area contributed by atoms with Crippen molar-refractivity contribution in [3.63, 3.8) is 0 Å². The molecule has 1 aromatic rings. The highest BCUT2D eigenvalue weighted by atomic mass is 32.2. The molecule has 1 aliphatic heterocycles. The molecule has 0 saturated carbocycles. The average Bonchev–Trinajstić information content (AvgIpc) is 2.50. The Morgan fingerprint density at radius 1 is 1.25 bits per heavy atom. The molecular formula is C13H17NOS. The van der Waals surface area contributed by atoms with Crippen molar-refractivity contribution in [2.45, 2.75) is 24.7 Å². The summed E-state index contributed by atoms with van der Waals surface area (Å²) in [6, 6.07) is 6.65. The number of nitrogens with zero attached hydrogens (tertiary/aromatic N) is 1. The predicted octanol–water partition coefficient (Wildman–Crippen LogP) is 2.36. The number of benzene rings is 1. The number of fused-ring (bicyclic) bond motifs is 1. The molecule has 0 unspecified atom stereocenters. The summed E-state index contributed by atoms with van der Waals surface area (Å²) >= 11 is 1.77. The van der Waals surface area contributed by atoms with Crippen LogP contribution in [0.15, 0.2) is 23.1 Å². The number of hydrogen-bond donors (Lipinski definition) is 0. The molecule has 0 fully saturated rings. The lowest BCUT2D eigenvalue weighted by atomic mass is 10.0. The molecule has 1 amide bonds. The summed E-state index contributed by atoms with van der Waals surface area (Å²) < 4.78 is 0. The molecule has 0 saturated heterocycles. The molecule has 86 valence electrons. The zero-order valence-corrected chi connectivity index (χ0v) is 10.6. The Morgan fingerprint density at radius 3 is 2.56 bits per heavy atom. The van der Waals surface area contributed by atoms with E-state index < -0.39 is 0 Å². The third-order valence-electron chi connectivity index (χ3n) is 3.16. The molecule has 0 aromatic heterocycles. The van der Waals surface area contributed by atoms with E-state index in [1.54, 1.807) is 18.7 Å². The van der Waals surface area contributed by atoms with Crippen molar-refractivity contribution in [2.75, 3.05) is 19.3 Å². The van der Waals surface area contributed by atoms with E-state index in [1.165, 1.54) is 16.0 Å². The maximum atomic E-state index is 11.3. The predicted molar refractivity (Wildman–Crippen MR) is 67.9 cm³/mol. The molecule has 0 N–H and O–H groups in total. The van der Waals surface area contributed by atoms with Gasteiger partial charge in [0.1, 0.15) is 0 Å². The van der Waals surface area contributed by atoms with E-state index in [9.17, 15) is 4.79 Å². The number of carbonyl (C=O) groups is 1. The van der Waals surface area contributed by atoms with Crippen molar-refractivity contribution in [2.24, 2.45) is 0 Å². The molecule has 2 rings (SSSR count). The van der Waals surface area contributed by atoms with Gasteiger partial charge < -0.3 is 4.90 Å². The van der Waals surface area contributed by atoms with Gasteiger partial charge in [-0.15, -0.1) is 11.8 Å². The van der Waals surface area contributed by atoms with Crippen molar-refractivity contribution in [1.29, 1.82) is 0 Å². The molecule has 1 aliphatic rings. The zero-order chi connectivity index (χ0) is 11.5. The quantitative estimate of drug-likeness (QED) is 0.696. The number of amides is 1. The fourth-order valence-corrected chi connectivity index (χ4v) is 2.61. The van der Waals surface area contributed by atoms with Gasteiger partial charge in [0, 0.05) is 24.9 Å². The molecule has 1 heterocycles. The Kier molecular flexibility index (Phi) is 3.54. The van der Waals surface area contributed by atoms with Crippen molar-refractivity contribution in [3.05, 3.63) is 29.3 Å². The van der Waals surface area contributed by atoms with Crippen LogP contribution < -0.4 is 0 Å². The van der Waals surface area contributed by atoms with Crippen molar-refractivity contribution < 1.29 is 4.79 Å². The molecule has 1 aromatic carbocycles. The third-order valence-corrected chi connectivity index (χ3v) is 3.89. The molecule has 0 atom stereocenters. The lowest BCUT2D eigenvalue weighted by Crippen LogP contribution is -2.30. The second-order valence-electron chi connectivity index (χ2n) is 4.14. The molecule has 0 aliphatic carbocycles. The van der Waals surface area contributed by atoms with Crippen LogP contribution in [0.2, 0.25) is 0 Å². The van der Waals surface area contributed by atoms with Gasteiger partial charge in [0.2, 0.25) is 5.91 Å². The molecular weight excluding hydrogens is 218 g/mol. The monoisotopic (exact) mass is 235 g/mol. The zero-order valence-electron chi connectivity index (χ0n) is 9.82. The lowest BCUT2D eigenvalue weighted by molar-refractivity contribution is -0.128. The molecule has 0 radical (unpaired) electrons. The van der Waals surface area contributed by atoms with Crippen molar-refractivity contribution >= 4 is 17.7 Å². The Morgan fingerprint density at radius 2 is 1.94 bits per heavy atom. The van der Waals surface area contributed by atoms with Gasteiger partial charge in [0.25, 0.3) is 0 Å². The van der Waals surface area contributed by atoms with Crippen LogP contribution in [0.4, 0.5) is 0 Å². The molecule has 3 heteroatoms. The van der Waals surface area contributed by atoms with Gasteiger partial charge in [-0.2, -0.15) is 0 Å². The average molecular weight is 235 g/mol. The second-order valence-corrected chi connectivity index (χ2v) is 5.02.